The highest BCUT2D eigenvalue weighted by molar-refractivity contribution is 5.89. The van der Waals surface area contributed by atoms with E-state index in [1.54, 1.807) is 26.4 Å². The molecule has 1 aromatic carbocycles. The Labute approximate surface area is 171 Å². The van der Waals surface area contributed by atoms with E-state index in [-0.39, 0.29) is 12.5 Å². The van der Waals surface area contributed by atoms with Crippen molar-refractivity contribution in [2.45, 2.75) is 0 Å². The first-order chi connectivity index (χ1) is 14.0. The van der Waals surface area contributed by atoms with Crippen LogP contribution in [0.3, 0.4) is 0 Å². The third kappa shape index (κ3) is 8.00. The fourth-order valence-electron chi connectivity index (χ4n) is 2.40. The maximum atomic E-state index is 12.2. The second kappa shape index (κ2) is 13.4. The molecule has 0 aliphatic heterocycles. The van der Waals surface area contributed by atoms with Crippen LogP contribution in [0.15, 0.2) is 18.2 Å². The van der Waals surface area contributed by atoms with E-state index in [1.807, 2.05) is 0 Å². The van der Waals surface area contributed by atoms with E-state index in [2.05, 4.69) is 0 Å². The molecule has 0 aliphatic rings. The summed E-state index contributed by atoms with van der Waals surface area (Å²) in [7, 11) is 7.61. The summed E-state index contributed by atoms with van der Waals surface area (Å²) in [5, 5.41) is 0. The summed E-state index contributed by atoms with van der Waals surface area (Å²) in [6.45, 7) is 1.16. The van der Waals surface area contributed by atoms with Crippen LogP contribution in [0.2, 0.25) is 0 Å². The predicted molar refractivity (Wildman–Crippen MR) is 106 cm³/mol. The molecule has 0 saturated carbocycles. The first-order valence-electron chi connectivity index (χ1n) is 8.91. The number of nitrogens with zero attached hydrogens (tertiary/aromatic N) is 1. The van der Waals surface area contributed by atoms with E-state index in [0.29, 0.717) is 49.1 Å². The van der Waals surface area contributed by atoms with Crippen LogP contribution in [-0.4, -0.2) is 85.2 Å². The van der Waals surface area contributed by atoms with Crippen molar-refractivity contribution < 1.29 is 38.0 Å². The van der Waals surface area contributed by atoms with Gasteiger partial charge < -0.3 is 33.3 Å². The SMILES string of the molecule is COCCN(CCOC)C(=O)COC(=O)/C=C/c1cc(OC)c(OC)c(OC)c1. The number of esters is 1. The Morgan fingerprint density at radius 2 is 1.45 bits per heavy atom. The van der Waals surface area contributed by atoms with Crippen molar-refractivity contribution in [3.05, 3.63) is 23.8 Å². The van der Waals surface area contributed by atoms with Crippen molar-refractivity contribution in [1.29, 1.82) is 0 Å². The summed E-state index contributed by atoms with van der Waals surface area (Å²) in [6, 6.07) is 3.38. The number of carbonyl (C=O) groups excluding carboxylic acids is 2. The summed E-state index contributed by atoms with van der Waals surface area (Å²) in [6.07, 6.45) is 2.76. The molecule has 0 radical (unpaired) electrons. The van der Waals surface area contributed by atoms with Crippen LogP contribution >= 0.6 is 0 Å². The third-order valence-electron chi connectivity index (χ3n) is 3.92. The van der Waals surface area contributed by atoms with Crippen molar-refractivity contribution in [1.82, 2.24) is 4.90 Å². The lowest BCUT2D eigenvalue weighted by atomic mass is 10.1. The summed E-state index contributed by atoms with van der Waals surface area (Å²) in [5.74, 6) is 0.399. The van der Waals surface area contributed by atoms with Crippen LogP contribution < -0.4 is 14.2 Å². The summed E-state index contributed by atoms with van der Waals surface area (Å²) in [4.78, 5) is 25.7. The van der Waals surface area contributed by atoms with Crippen molar-refractivity contribution >= 4 is 18.0 Å². The molecule has 0 fully saturated rings. The van der Waals surface area contributed by atoms with Crippen molar-refractivity contribution in [3.63, 3.8) is 0 Å². The topological polar surface area (TPSA) is 92.8 Å². The lowest BCUT2D eigenvalue weighted by molar-refractivity contribution is -0.148. The second-order valence-electron chi connectivity index (χ2n) is 5.77. The van der Waals surface area contributed by atoms with E-state index >= 15 is 0 Å². The Balaban J connectivity index is 2.71. The molecule has 0 heterocycles. The molecule has 1 amide bonds. The van der Waals surface area contributed by atoms with Gasteiger partial charge in [0.15, 0.2) is 18.1 Å². The molecule has 1 aromatic rings. The fourth-order valence-corrected chi connectivity index (χ4v) is 2.40. The molecule has 0 atom stereocenters. The van der Waals surface area contributed by atoms with E-state index in [1.165, 1.54) is 38.4 Å². The van der Waals surface area contributed by atoms with Gasteiger partial charge in [0.2, 0.25) is 5.75 Å². The Bertz CT molecular complexity index is 656. The highest BCUT2D eigenvalue weighted by Gasteiger charge is 2.15. The molecular formula is C20H29NO8. The number of rotatable bonds is 13. The summed E-state index contributed by atoms with van der Waals surface area (Å²) >= 11 is 0. The van der Waals surface area contributed by atoms with Gasteiger partial charge in [0.05, 0.1) is 34.5 Å². The van der Waals surface area contributed by atoms with Gasteiger partial charge in [-0.2, -0.15) is 0 Å². The Morgan fingerprint density at radius 1 is 0.897 bits per heavy atom. The van der Waals surface area contributed by atoms with Crippen molar-refractivity contribution in [2.75, 3.05) is 68.5 Å². The third-order valence-corrected chi connectivity index (χ3v) is 3.92. The maximum absolute atomic E-state index is 12.2. The van der Waals surface area contributed by atoms with Crippen molar-refractivity contribution in [3.8, 4) is 17.2 Å². The highest BCUT2D eigenvalue weighted by atomic mass is 16.5. The zero-order valence-corrected chi connectivity index (χ0v) is 17.6. The minimum absolute atomic E-state index is 0.325. The molecule has 0 aliphatic carbocycles. The van der Waals surface area contributed by atoms with Crippen LogP contribution in [0.4, 0.5) is 0 Å². The van der Waals surface area contributed by atoms with E-state index in [4.69, 9.17) is 28.4 Å². The minimum atomic E-state index is -0.648. The molecule has 0 N–H and O–H groups in total. The number of methoxy groups -OCH3 is 5. The fraction of sp³-hybridized carbons (Fsp3) is 0.500. The largest absolute Gasteiger partial charge is 0.493 e. The van der Waals surface area contributed by atoms with Gasteiger partial charge in [0.1, 0.15) is 0 Å². The number of benzene rings is 1. The smallest absolute Gasteiger partial charge is 0.331 e. The van der Waals surface area contributed by atoms with Crippen molar-refractivity contribution in [2.24, 2.45) is 0 Å². The zero-order valence-electron chi connectivity index (χ0n) is 17.6. The van der Waals surface area contributed by atoms with Gasteiger partial charge in [-0.1, -0.05) is 0 Å². The molecular weight excluding hydrogens is 382 g/mol. The summed E-state index contributed by atoms with van der Waals surface area (Å²) in [5.41, 5.74) is 0.643. The highest BCUT2D eigenvalue weighted by Crippen LogP contribution is 2.38. The van der Waals surface area contributed by atoms with Gasteiger partial charge in [0.25, 0.3) is 5.91 Å². The van der Waals surface area contributed by atoms with Gasteiger partial charge in [-0.05, 0) is 23.8 Å². The van der Waals surface area contributed by atoms with Crippen LogP contribution in [0.5, 0.6) is 17.2 Å². The number of hydrogen-bond acceptors (Lipinski definition) is 8. The average molecular weight is 411 g/mol. The van der Waals surface area contributed by atoms with Gasteiger partial charge in [0, 0.05) is 33.4 Å². The van der Waals surface area contributed by atoms with Crippen LogP contribution in [0.1, 0.15) is 5.56 Å². The van der Waals surface area contributed by atoms with Gasteiger partial charge >= 0.3 is 5.97 Å². The molecule has 9 nitrogen and oxygen atoms in total. The standard InChI is InChI=1S/C20H29NO8/c1-24-10-8-21(9-11-25-2)18(22)14-29-19(23)7-6-15-12-16(26-3)20(28-5)17(13-15)27-4/h6-7,12-13H,8-11,14H2,1-5H3/b7-6+. The van der Waals surface area contributed by atoms with Crippen LogP contribution in [0, 0.1) is 0 Å². The molecule has 0 bridgehead atoms. The normalized spacial score (nSPS) is 10.7. The quantitative estimate of drug-likeness (QED) is 0.355. The monoisotopic (exact) mass is 411 g/mol. The molecule has 1 rings (SSSR count). The number of hydrogen-bond donors (Lipinski definition) is 0. The lowest BCUT2D eigenvalue weighted by Crippen LogP contribution is -2.39. The maximum Gasteiger partial charge on any atom is 0.331 e. The van der Waals surface area contributed by atoms with Gasteiger partial charge in [-0.3, -0.25) is 4.79 Å². The van der Waals surface area contributed by atoms with Gasteiger partial charge in [-0.15, -0.1) is 0 Å². The Hall–Kier alpha value is -2.78. The van der Waals surface area contributed by atoms with Crippen LogP contribution in [0.25, 0.3) is 6.08 Å². The lowest BCUT2D eigenvalue weighted by Gasteiger charge is -2.21. The van der Waals surface area contributed by atoms with E-state index in [9.17, 15) is 9.59 Å². The van der Waals surface area contributed by atoms with E-state index in [0.717, 1.165) is 0 Å². The first kappa shape index (κ1) is 24.3. The molecule has 9 heteroatoms. The molecule has 29 heavy (non-hydrogen) atoms. The number of amides is 1. The summed E-state index contributed by atoms with van der Waals surface area (Å²) < 4.78 is 30.8. The van der Waals surface area contributed by atoms with Crippen LogP contribution in [-0.2, 0) is 23.8 Å². The minimum Gasteiger partial charge on any atom is -0.493 e. The Kier molecular flexibility index (Phi) is 11.2. The number of carbonyl (C=O) groups is 2. The van der Waals surface area contributed by atoms with Gasteiger partial charge in [-0.25, -0.2) is 4.79 Å². The molecule has 0 aromatic heterocycles. The first-order valence-corrected chi connectivity index (χ1v) is 8.91. The molecule has 162 valence electrons. The van der Waals surface area contributed by atoms with E-state index < -0.39 is 5.97 Å². The molecule has 0 saturated heterocycles. The number of ether oxygens (including phenoxy) is 6. The molecule has 0 spiro atoms. The average Bonchev–Trinajstić information content (AvgIpc) is 2.75. The molecule has 0 unspecified atom stereocenters. The zero-order chi connectivity index (χ0) is 21.6. The predicted octanol–water partition coefficient (Wildman–Crippen LogP) is 1.39. The Morgan fingerprint density at radius 3 is 1.90 bits per heavy atom. The second-order valence-corrected chi connectivity index (χ2v) is 5.77.